The first kappa shape index (κ1) is 24.9. The van der Waals surface area contributed by atoms with Crippen molar-refractivity contribution in [1.82, 2.24) is 0 Å². The first-order valence-electron chi connectivity index (χ1n) is 10.9. The van der Waals surface area contributed by atoms with Gasteiger partial charge in [0, 0.05) is 0 Å². The molecule has 0 spiro atoms. The number of rotatable bonds is 19. The largest absolute Gasteiger partial charge is 0.267 e. The summed E-state index contributed by atoms with van der Waals surface area (Å²) in [4.78, 5) is 0. The molecule has 0 amide bonds. The summed E-state index contributed by atoms with van der Waals surface area (Å²) in [6.07, 6.45) is 20.1. The maximum absolute atomic E-state index is 11.6. The zero-order chi connectivity index (χ0) is 18.8. The average molecular weight is 377 g/mol. The highest BCUT2D eigenvalue weighted by Gasteiger charge is 2.14. The van der Waals surface area contributed by atoms with Gasteiger partial charge in [-0.05, 0) is 19.8 Å². The molecule has 25 heavy (non-hydrogen) atoms. The molecular formula is C21H44O3S. The van der Waals surface area contributed by atoms with Gasteiger partial charge in [0.05, 0.1) is 11.9 Å². The van der Waals surface area contributed by atoms with E-state index < -0.39 is 10.1 Å². The van der Waals surface area contributed by atoms with E-state index in [1.165, 1.54) is 83.5 Å². The highest BCUT2D eigenvalue weighted by atomic mass is 32.2. The summed E-state index contributed by atoms with van der Waals surface area (Å²) in [5.41, 5.74) is 0. The SMILES string of the molecule is CCCCCCCCCCCCCCCCC(C)OS(=O)(=O)CCC. The molecule has 0 aliphatic carbocycles. The summed E-state index contributed by atoms with van der Waals surface area (Å²) in [7, 11) is -3.30. The van der Waals surface area contributed by atoms with Crippen molar-refractivity contribution >= 4 is 10.1 Å². The predicted octanol–water partition coefficient (Wildman–Crippen LogP) is 7.00. The molecule has 0 bridgehead atoms. The van der Waals surface area contributed by atoms with Crippen LogP contribution in [0.4, 0.5) is 0 Å². The number of hydrogen-bond acceptors (Lipinski definition) is 3. The molecule has 0 fully saturated rings. The lowest BCUT2D eigenvalue weighted by Crippen LogP contribution is -2.17. The Morgan fingerprint density at radius 3 is 1.44 bits per heavy atom. The van der Waals surface area contributed by atoms with E-state index in [0.717, 1.165) is 12.8 Å². The fourth-order valence-electron chi connectivity index (χ4n) is 3.22. The third-order valence-corrected chi connectivity index (χ3v) is 6.26. The van der Waals surface area contributed by atoms with Crippen LogP contribution in [0.3, 0.4) is 0 Å². The Morgan fingerprint density at radius 2 is 1.04 bits per heavy atom. The maximum Gasteiger partial charge on any atom is 0.267 e. The van der Waals surface area contributed by atoms with Crippen LogP contribution < -0.4 is 0 Å². The molecule has 152 valence electrons. The van der Waals surface area contributed by atoms with Gasteiger partial charge >= 0.3 is 0 Å². The van der Waals surface area contributed by atoms with E-state index in [2.05, 4.69) is 6.92 Å². The van der Waals surface area contributed by atoms with Crippen LogP contribution in [-0.2, 0) is 14.3 Å². The summed E-state index contributed by atoms with van der Waals surface area (Å²) in [5, 5.41) is 0. The topological polar surface area (TPSA) is 43.4 Å². The first-order chi connectivity index (χ1) is 12.0. The lowest BCUT2D eigenvalue weighted by molar-refractivity contribution is 0.213. The Bertz CT molecular complexity index is 365. The highest BCUT2D eigenvalue weighted by Crippen LogP contribution is 2.15. The third-order valence-electron chi connectivity index (χ3n) is 4.73. The molecule has 0 heterocycles. The Balaban J connectivity index is 3.28. The molecule has 0 aliphatic heterocycles. The smallest absolute Gasteiger partial charge is 0.267 e. The monoisotopic (exact) mass is 376 g/mol. The predicted molar refractivity (Wildman–Crippen MR) is 110 cm³/mol. The number of hydrogen-bond donors (Lipinski definition) is 0. The quantitative estimate of drug-likeness (QED) is 0.180. The Kier molecular flexibility index (Phi) is 17.3. The van der Waals surface area contributed by atoms with Gasteiger partial charge < -0.3 is 0 Å². The molecule has 0 rings (SSSR count). The van der Waals surface area contributed by atoms with E-state index in [4.69, 9.17) is 4.18 Å². The molecule has 0 aromatic rings. The second-order valence-corrected chi connectivity index (χ2v) is 9.27. The summed E-state index contributed by atoms with van der Waals surface area (Å²) in [5.74, 6) is 0.135. The van der Waals surface area contributed by atoms with Crippen molar-refractivity contribution < 1.29 is 12.6 Å². The van der Waals surface area contributed by atoms with E-state index in [1.54, 1.807) is 0 Å². The fraction of sp³-hybridized carbons (Fsp3) is 1.00. The van der Waals surface area contributed by atoms with Gasteiger partial charge in [-0.2, -0.15) is 8.42 Å². The van der Waals surface area contributed by atoms with Crippen molar-refractivity contribution in [3.8, 4) is 0 Å². The Hall–Kier alpha value is -0.0900. The molecule has 0 aromatic heterocycles. The van der Waals surface area contributed by atoms with Crippen molar-refractivity contribution in [1.29, 1.82) is 0 Å². The summed E-state index contributed by atoms with van der Waals surface area (Å²) in [6, 6.07) is 0. The minimum atomic E-state index is -3.30. The molecule has 0 saturated heterocycles. The van der Waals surface area contributed by atoms with E-state index >= 15 is 0 Å². The van der Waals surface area contributed by atoms with Gasteiger partial charge in [-0.1, -0.05) is 104 Å². The summed E-state index contributed by atoms with van der Waals surface area (Å²) < 4.78 is 28.3. The van der Waals surface area contributed by atoms with Crippen LogP contribution in [0.15, 0.2) is 0 Å². The van der Waals surface area contributed by atoms with E-state index in [9.17, 15) is 8.42 Å². The molecule has 0 radical (unpaired) electrons. The van der Waals surface area contributed by atoms with Crippen molar-refractivity contribution in [3.05, 3.63) is 0 Å². The lowest BCUT2D eigenvalue weighted by Gasteiger charge is -2.12. The van der Waals surface area contributed by atoms with E-state index in [0.29, 0.717) is 6.42 Å². The standard InChI is InChI=1S/C21H44O3S/c1-4-6-7-8-9-10-11-12-13-14-15-16-17-18-19-21(3)24-25(22,23)20-5-2/h21H,4-20H2,1-3H3. The minimum absolute atomic E-state index is 0.135. The van der Waals surface area contributed by atoms with Crippen LogP contribution in [0.25, 0.3) is 0 Å². The third kappa shape index (κ3) is 18.5. The van der Waals surface area contributed by atoms with Gasteiger partial charge in [0.2, 0.25) is 0 Å². The maximum atomic E-state index is 11.6. The Morgan fingerprint density at radius 1 is 0.640 bits per heavy atom. The van der Waals surface area contributed by atoms with Gasteiger partial charge in [0.15, 0.2) is 0 Å². The molecule has 0 saturated carbocycles. The zero-order valence-electron chi connectivity index (χ0n) is 17.2. The van der Waals surface area contributed by atoms with Crippen LogP contribution in [-0.4, -0.2) is 20.3 Å². The van der Waals surface area contributed by atoms with E-state index in [-0.39, 0.29) is 11.9 Å². The number of unbranched alkanes of at least 4 members (excludes halogenated alkanes) is 13. The Labute approximate surface area is 158 Å². The molecule has 1 unspecified atom stereocenters. The van der Waals surface area contributed by atoms with Gasteiger partial charge in [0.1, 0.15) is 0 Å². The second kappa shape index (κ2) is 17.3. The molecular weight excluding hydrogens is 332 g/mol. The van der Waals surface area contributed by atoms with Crippen LogP contribution >= 0.6 is 0 Å². The van der Waals surface area contributed by atoms with Gasteiger partial charge in [0.25, 0.3) is 10.1 Å². The van der Waals surface area contributed by atoms with Crippen LogP contribution in [0, 0.1) is 0 Å². The van der Waals surface area contributed by atoms with Crippen molar-refractivity contribution in [3.63, 3.8) is 0 Å². The van der Waals surface area contributed by atoms with Crippen molar-refractivity contribution in [2.24, 2.45) is 0 Å². The normalized spacial score (nSPS) is 13.2. The molecule has 1 atom stereocenters. The van der Waals surface area contributed by atoms with E-state index in [1.807, 2.05) is 13.8 Å². The summed E-state index contributed by atoms with van der Waals surface area (Å²) >= 11 is 0. The van der Waals surface area contributed by atoms with Crippen LogP contribution in [0.2, 0.25) is 0 Å². The molecule has 0 aliphatic rings. The second-order valence-electron chi connectivity index (χ2n) is 7.55. The van der Waals surface area contributed by atoms with Gasteiger partial charge in [-0.15, -0.1) is 0 Å². The van der Waals surface area contributed by atoms with Gasteiger partial charge in [-0.3, -0.25) is 4.18 Å². The molecule has 4 heteroatoms. The highest BCUT2D eigenvalue weighted by molar-refractivity contribution is 7.86. The minimum Gasteiger partial charge on any atom is -0.267 e. The van der Waals surface area contributed by atoms with Gasteiger partial charge in [-0.25, -0.2) is 0 Å². The summed E-state index contributed by atoms with van der Waals surface area (Å²) in [6.45, 7) is 6.00. The van der Waals surface area contributed by atoms with Crippen molar-refractivity contribution in [2.75, 3.05) is 5.75 Å². The van der Waals surface area contributed by atoms with Crippen LogP contribution in [0.5, 0.6) is 0 Å². The fourth-order valence-corrected chi connectivity index (χ4v) is 4.42. The zero-order valence-corrected chi connectivity index (χ0v) is 18.0. The molecule has 0 N–H and O–H groups in total. The molecule has 3 nitrogen and oxygen atoms in total. The first-order valence-corrected chi connectivity index (χ1v) is 12.5. The van der Waals surface area contributed by atoms with Crippen LogP contribution in [0.1, 0.15) is 124 Å². The average Bonchev–Trinajstić information content (AvgIpc) is 2.54. The molecule has 0 aromatic carbocycles. The lowest BCUT2D eigenvalue weighted by atomic mass is 10.0. The van der Waals surface area contributed by atoms with Crippen molar-refractivity contribution in [2.45, 2.75) is 130 Å².